The summed E-state index contributed by atoms with van der Waals surface area (Å²) in [7, 11) is 2.07. The van der Waals surface area contributed by atoms with E-state index in [0.29, 0.717) is 23.3 Å². The third-order valence-corrected chi connectivity index (χ3v) is 6.77. The fourth-order valence-corrected chi connectivity index (χ4v) is 4.66. The zero-order valence-electron chi connectivity index (χ0n) is 19.0. The first-order chi connectivity index (χ1) is 15.6. The van der Waals surface area contributed by atoms with E-state index in [1.807, 2.05) is 19.1 Å². The van der Waals surface area contributed by atoms with Crippen LogP contribution in [0, 0.1) is 12.7 Å². The summed E-state index contributed by atoms with van der Waals surface area (Å²) in [5, 5.41) is 0.0861. The molecule has 4 rings (SSSR count). The van der Waals surface area contributed by atoms with Gasteiger partial charge in [-0.25, -0.2) is 4.39 Å². The number of piperidine rings is 1. The standard InChI is InChI=1S/C26H28F4N2O/c1-17-14-22-23(26(28,29)30)9-8-21(24(22)31-15-17)18(2)33-16-25(10-12-32(3)13-11-25)19-4-6-20(27)7-5-19/h4-9,14-15,18H,10-13,16H2,1-3H3. The predicted molar refractivity (Wildman–Crippen MR) is 121 cm³/mol. The molecule has 33 heavy (non-hydrogen) atoms. The molecule has 1 aliphatic heterocycles. The second-order valence-corrected chi connectivity index (χ2v) is 9.15. The molecule has 7 heteroatoms. The van der Waals surface area contributed by atoms with Crippen molar-refractivity contribution in [3.8, 4) is 0 Å². The Morgan fingerprint density at radius 2 is 1.76 bits per heavy atom. The highest BCUT2D eigenvalue weighted by Crippen LogP contribution is 2.40. The van der Waals surface area contributed by atoms with Crippen molar-refractivity contribution in [2.75, 3.05) is 26.7 Å². The number of aromatic nitrogens is 1. The molecular weight excluding hydrogens is 432 g/mol. The zero-order valence-corrected chi connectivity index (χ0v) is 19.0. The lowest BCUT2D eigenvalue weighted by molar-refractivity contribution is -0.136. The van der Waals surface area contributed by atoms with Gasteiger partial charge in [-0.15, -0.1) is 0 Å². The zero-order chi connectivity index (χ0) is 23.8. The van der Waals surface area contributed by atoms with Crippen LogP contribution in [0.2, 0.25) is 0 Å². The number of halogens is 4. The largest absolute Gasteiger partial charge is 0.417 e. The second kappa shape index (κ2) is 9.03. The highest BCUT2D eigenvalue weighted by atomic mass is 19.4. The fourth-order valence-electron chi connectivity index (χ4n) is 4.66. The fraction of sp³-hybridized carbons (Fsp3) is 0.423. The van der Waals surface area contributed by atoms with Crippen LogP contribution in [0.4, 0.5) is 17.6 Å². The van der Waals surface area contributed by atoms with Gasteiger partial charge in [0.15, 0.2) is 0 Å². The van der Waals surface area contributed by atoms with Crippen LogP contribution in [0.3, 0.4) is 0 Å². The average molecular weight is 461 g/mol. The van der Waals surface area contributed by atoms with Crippen molar-refractivity contribution in [2.24, 2.45) is 0 Å². The number of fused-ring (bicyclic) bond motifs is 1. The van der Waals surface area contributed by atoms with Crippen LogP contribution in [0.15, 0.2) is 48.7 Å². The molecule has 3 nitrogen and oxygen atoms in total. The number of ether oxygens (including phenoxy) is 1. The normalized spacial score (nSPS) is 17.9. The van der Waals surface area contributed by atoms with Crippen molar-refractivity contribution in [3.05, 3.63) is 76.7 Å². The highest BCUT2D eigenvalue weighted by molar-refractivity contribution is 5.86. The molecule has 1 aliphatic rings. The van der Waals surface area contributed by atoms with Gasteiger partial charge in [0.1, 0.15) is 5.82 Å². The molecule has 1 atom stereocenters. The van der Waals surface area contributed by atoms with E-state index >= 15 is 0 Å². The van der Waals surface area contributed by atoms with Crippen molar-refractivity contribution >= 4 is 10.9 Å². The van der Waals surface area contributed by atoms with E-state index in [-0.39, 0.29) is 16.6 Å². The minimum atomic E-state index is -4.46. The van der Waals surface area contributed by atoms with Crippen LogP contribution in [0.25, 0.3) is 10.9 Å². The molecule has 0 radical (unpaired) electrons. The molecule has 2 aromatic carbocycles. The van der Waals surface area contributed by atoms with Gasteiger partial charge in [-0.2, -0.15) is 13.2 Å². The summed E-state index contributed by atoms with van der Waals surface area (Å²) in [6, 6.07) is 10.7. The van der Waals surface area contributed by atoms with Gasteiger partial charge < -0.3 is 9.64 Å². The Labute approximate surface area is 191 Å². The van der Waals surface area contributed by atoms with E-state index in [1.54, 1.807) is 13.1 Å². The number of hydrogen-bond acceptors (Lipinski definition) is 3. The smallest absolute Gasteiger partial charge is 0.373 e. The van der Waals surface area contributed by atoms with Gasteiger partial charge in [-0.1, -0.05) is 18.2 Å². The summed E-state index contributed by atoms with van der Waals surface area (Å²) >= 11 is 0. The SMILES string of the molecule is Cc1cnc2c(C(C)OCC3(c4ccc(F)cc4)CCN(C)CC3)ccc(C(F)(F)F)c2c1. The summed E-state index contributed by atoms with van der Waals surface area (Å²) in [6.45, 7) is 5.74. The molecule has 0 amide bonds. The molecular formula is C26H28F4N2O. The Kier molecular flexibility index (Phi) is 6.47. The lowest BCUT2D eigenvalue weighted by atomic mass is 9.73. The molecule has 1 saturated heterocycles. The van der Waals surface area contributed by atoms with Crippen molar-refractivity contribution in [3.63, 3.8) is 0 Å². The molecule has 0 bridgehead atoms. The molecule has 0 N–H and O–H groups in total. The van der Waals surface area contributed by atoms with Crippen molar-refractivity contribution in [1.29, 1.82) is 0 Å². The molecule has 176 valence electrons. The summed E-state index contributed by atoms with van der Waals surface area (Å²) in [5.74, 6) is -0.284. The first-order valence-corrected chi connectivity index (χ1v) is 11.1. The Balaban J connectivity index is 1.64. The van der Waals surface area contributed by atoms with E-state index in [4.69, 9.17) is 4.74 Å². The van der Waals surface area contributed by atoms with E-state index < -0.39 is 17.8 Å². The first kappa shape index (κ1) is 23.6. The van der Waals surface area contributed by atoms with Crippen molar-refractivity contribution in [2.45, 2.75) is 44.4 Å². The number of nitrogens with zero attached hydrogens (tertiary/aromatic N) is 2. The summed E-state index contributed by atoms with van der Waals surface area (Å²) < 4.78 is 60.6. The van der Waals surface area contributed by atoms with Crippen LogP contribution in [0.5, 0.6) is 0 Å². The predicted octanol–water partition coefficient (Wildman–Crippen LogP) is 6.44. The minimum absolute atomic E-state index is 0.0861. The van der Waals surface area contributed by atoms with Crippen LogP contribution in [0.1, 0.15) is 48.1 Å². The molecule has 1 unspecified atom stereocenters. The topological polar surface area (TPSA) is 25.4 Å². The molecule has 0 aliphatic carbocycles. The number of benzene rings is 2. The van der Waals surface area contributed by atoms with Gasteiger partial charge in [0.05, 0.1) is 23.8 Å². The number of hydrogen-bond donors (Lipinski definition) is 0. The van der Waals surface area contributed by atoms with Crippen LogP contribution in [-0.2, 0) is 16.3 Å². The third kappa shape index (κ3) is 4.89. The summed E-state index contributed by atoms with van der Waals surface area (Å²) in [4.78, 5) is 6.59. The second-order valence-electron chi connectivity index (χ2n) is 9.15. The van der Waals surface area contributed by atoms with Crippen LogP contribution < -0.4 is 0 Å². The molecule has 2 heterocycles. The summed E-state index contributed by atoms with van der Waals surface area (Å²) in [5.41, 5.74) is 1.65. The number of pyridine rings is 1. The third-order valence-electron chi connectivity index (χ3n) is 6.77. The maximum Gasteiger partial charge on any atom is 0.417 e. The van der Waals surface area contributed by atoms with Gasteiger partial charge in [-0.05, 0) is 82.2 Å². The Morgan fingerprint density at radius 3 is 2.39 bits per heavy atom. The van der Waals surface area contributed by atoms with Crippen molar-refractivity contribution < 1.29 is 22.3 Å². The molecule has 1 fully saturated rings. The van der Waals surface area contributed by atoms with E-state index in [1.165, 1.54) is 24.3 Å². The van der Waals surface area contributed by atoms with Gasteiger partial charge >= 0.3 is 6.18 Å². The monoisotopic (exact) mass is 460 g/mol. The number of likely N-dealkylation sites (tertiary alicyclic amines) is 1. The molecule has 3 aromatic rings. The number of alkyl halides is 3. The maximum atomic E-state index is 13.6. The highest BCUT2D eigenvalue weighted by Gasteiger charge is 2.37. The van der Waals surface area contributed by atoms with E-state index in [9.17, 15) is 17.6 Å². The van der Waals surface area contributed by atoms with Crippen molar-refractivity contribution in [1.82, 2.24) is 9.88 Å². The maximum absolute atomic E-state index is 13.6. The van der Waals surface area contributed by atoms with Gasteiger partial charge in [0.25, 0.3) is 0 Å². The Morgan fingerprint density at radius 1 is 1.09 bits per heavy atom. The summed E-state index contributed by atoms with van der Waals surface area (Å²) in [6.07, 6.45) is -1.63. The molecule has 0 saturated carbocycles. The lowest BCUT2D eigenvalue weighted by Gasteiger charge is -2.41. The minimum Gasteiger partial charge on any atom is -0.373 e. The Hall–Kier alpha value is -2.51. The average Bonchev–Trinajstić information content (AvgIpc) is 2.77. The van der Waals surface area contributed by atoms with Crippen LogP contribution in [-0.4, -0.2) is 36.6 Å². The van der Waals surface area contributed by atoms with E-state index in [0.717, 1.165) is 37.6 Å². The molecule has 0 spiro atoms. The van der Waals surface area contributed by atoms with E-state index in [2.05, 4.69) is 16.9 Å². The van der Waals surface area contributed by atoms with Gasteiger partial charge in [0, 0.05) is 22.6 Å². The lowest BCUT2D eigenvalue weighted by Crippen LogP contribution is -2.44. The van der Waals surface area contributed by atoms with Gasteiger partial charge in [-0.3, -0.25) is 4.98 Å². The molecule has 1 aromatic heterocycles. The first-order valence-electron chi connectivity index (χ1n) is 11.1. The van der Waals surface area contributed by atoms with Gasteiger partial charge in [0.2, 0.25) is 0 Å². The Bertz CT molecular complexity index is 1120. The van der Waals surface area contributed by atoms with Crippen LogP contribution >= 0.6 is 0 Å². The quantitative estimate of drug-likeness (QED) is 0.410. The number of aryl methyl sites for hydroxylation is 1. The number of rotatable bonds is 5.